The third-order valence-corrected chi connectivity index (χ3v) is 7.10. The highest BCUT2D eigenvalue weighted by Crippen LogP contribution is 2.30. The van der Waals surface area contributed by atoms with Crippen LogP contribution in [0, 0.1) is 0 Å². The zero-order valence-electron chi connectivity index (χ0n) is 18.6. The van der Waals surface area contributed by atoms with Crippen LogP contribution in [0.15, 0.2) is 54.6 Å². The SMILES string of the molecule is O=C1[C@@H]2Cc3ccccc3CN2C(=O)N1CCCNC1CCN(Cc2ccccc2)CC1. The number of urea groups is 1. The van der Waals surface area contributed by atoms with Crippen LogP contribution < -0.4 is 5.32 Å². The van der Waals surface area contributed by atoms with Crippen LogP contribution in [0.2, 0.25) is 0 Å². The van der Waals surface area contributed by atoms with E-state index in [9.17, 15) is 9.59 Å². The molecule has 32 heavy (non-hydrogen) atoms. The highest BCUT2D eigenvalue weighted by molar-refractivity contribution is 6.04. The van der Waals surface area contributed by atoms with Gasteiger partial charge in [0.05, 0.1) is 0 Å². The second-order valence-electron chi connectivity index (χ2n) is 9.23. The summed E-state index contributed by atoms with van der Waals surface area (Å²) in [4.78, 5) is 31.5. The Kier molecular flexibility index (Phi) is 6.23. The highest BCUT2D eigenvalue weighted by atomic mass is 16.2. The van der Waals surface area contributed by atoms with Crippen molar-refractivity contribution in [2.45, 2.75) is 50.9 Å². The average molecular weight is 433 g/mol. The fraction of sp³-hybridized carbons (Fsp3) is 0.462. The van der Waals surface area contributed by atoms with Crippen molar-refractivity contribution in [1.82, 2.24) is 20.0 Å². The standard InChI is InChI=1S/C26H32N4O2/c31-25-24-17-21-9-4-5-10-22(21)19-30(24)26(32)29(25)14-6-13-27-23-11-15-28(16-12-23)18-20-7-2-1-3-8-20/h1-5,7-10,23-24,27H,6,11-19H2/t24-/m0/s1. The Labute approximate surface area is 190 Å². The van der Waals surface area contributed by atoms with Crippen molar-refractivity contribution in [3.63, 3.8) is 0 Å². The number of nitrogens with one attached hydrogen (secondary N) is 1. The minimum absolute atomic E-state index is 0.0290. The van der Waals surface area contributed by atoms with Crippen LogP contribution in [-0.2, 0) is 24.3 Å². The van der Waals surface area contributed by atoms with E-state index in [4.69, 9.17) is 0 Å². The Morgan fingerprint density at radius 2 is 1.62 bits per heavy atom. The van der Waals surface area contributed by atoms with E-state index in [1.54, 1.807) is 4.90 Å². The summed E-state index contributed by atoms with van der Waals surface area (Å²) in [5.74, 6) is -0.0290. The Bertz CT molecular complexity index is 912. The molecular weight excluding hydrogens is 400 g/mol. The Morgan fingerprint density at radius 1 is 0.906 bits per heavy atom. The molecule has 168 valence electrons. The van der Waals surface area contributed by atoms with Gasteiger partial charge in [-0.25, -0.2) is 4.79 Å². The van der Waals surface area contributed by atoms with Gasteiger partial charge in [-0.1, -0.05) is 54.6 Å². The summed E-state index contributed by atoms with van der Waals surface area (Å²) in [5.41, 5.74) is 3.72. The van der Waals surface area contributed by atoms with Crippen LogP contribution in [-0.4, -0.2) is 64.9 Å². The molecule has 2 aromatic carbocycles. The van der Waals surface area contributed by atoms with Gasteiger partial charge >= 0.3 is 6.03 Å². The maximum absolute atomic E-state index is 12.9. The van der Waals surface area contributed by atoms with Crippen LogP contribution in [0.25, 0.3) is 0 Å². The van der Waals surface area contributed by atoms with Crippen LogP contribution in [0.3, 0.4) is 0 Å². The summed E-state index contributed by atoms with van der Waals surface area (Å²) in [6.07, 6.45) is 3.72. The molecule has 1 atom stereocenters. The molecule has 0 radical (unpaired) electrons. The van der Waals surface area contributed by atoms with Gasteiger partial charge in [-0.15, -0.1) is 0 Å². The molecule has 2 fully saturated rings. The zero-order chi connectivity index (χ0) is 21.9. The van der Waals surface area contributed by atoms with E-state index in [1.807, 2.05) is 12.1 Å². The normalized spacial score (nSPS) is 21.7. The monoisotopic (exact) mass is 432 g/mol. The molecule has 0 unspecified atom stereocenters. The van der Waals surface area contributed by atoms with E-state index in [-0.39, 0.29) is 18.0 Å². The number of benzene rings is 2. The fourth-order valence-corrected chi connectivity index (χ4v) is 5.26. The number of amides is 3. The smallest absolute Gasteiger partial charge is 0.314 e. The van der Waals surface area contributed by atoms with Gasteiger partial charge in [0.15, 0.2) is 0 Å². The maximum Gasteiger partial charge on any atom is 0.327 e. The molecule has 3 aliphatic rings. The predicted octanol–water partition coefficient (Wildman–Crippen LogP) is 3.02. The molecule has 6 nitrogen and oxygen atoms in total. The summed E-state index contributed by atoms with van der Waals surface area (Å²) in [7, 11) is 0. The minimum Gasteiger partial charge on any atom is -0.314 e. The molecule has 0 aliphatic carbocycles. The van der Waals surface area contributed by atoms with Crippen molar-refractivity contribution in [3.05, 3.63) is 71.3 Å². The van der Waals surface area contributed by atoms with Crippen LogP contribution in [0.5, 0.6) is 0 Å². The number of nitrogens with zero attached hydrogens (tertiary/aromatic N) is 3. The van der Waals surface area contributed by atoms with Gasteiger partial charge in [0.25, 0.3) is 5.91 Å². The fourth-order valence-electron chi connectivity index (χ4n) is 5.26. The lowest BCUT2D eigenvalue weighted by Crippen LogP contribution is -2.43. The molecule has 3 amide bonds. The van der Waals surface area contributed by atoms with Crippen molar-refractivity contribution in [2.75, 3.05) is 26.2 Å². The average Bonchev–Trinajstić information content (AvgIpc) is 3.06. The van der Waals surface area contributed by atoms with E-state index in [2.05, 4.69) is 52.7 Å². The molecule has 0 spiro atoms. The van der Waals surface area contributed by atoms with E-state index in [1.165, 1.54) is 16.0 Å². The van der Waals surface area contributed by atoms with Gasteiger partial charge < -0.3 is 10.2 Å². The summed E-state index contributed by atoms with van der Waals surface area (Å²) in [6.45, 7) is 5.11. The largest absolute Gasteiger partial charge is 0.327 e. The van der Waals surface area contributed by atoms with Gasteiger partial charge in [0.2, 0.25) is 0 Å². The van der Waals surface area contributed by atoms with Crippen molar-refractivity contribution >= 4 is 11.9 Å². The maximum atomic E-state index is 12.9. The number of rotatable bonds is 7. The van der Waals surface area contributed by atoms with Crippen LogP contribution in [0.1, 0.15) is 36.0 Å². The van der Waals surface area contributed by atoms with Crippen molar-refractivity contribution in [3.8, 4) is 0 Å². The van der Waals surface area contributed by atoms with Crippen molar-refractivity contribution < 1.29 is 9.59 Å². The third-order valence-electron chi connectivity index (χ3n) is 7.10. The molecule has 3 aliphatic heterocycles. The first kappa shape index (κ1) is 21.2. The number of fused-ring (bicyclic) bond motifs is 2. The predicted molar refractivity (Wildman–Crippen MR) is 124 cm³/mol. The molecule has 2 aromatic rings. The van der Waals surface area contributed by atoms with Gasteiger partial charge in [-0.3, -0.25) is 14.6 Å². The number of carbonyl (C=O) groups excluding carboxylic acids is 2. The lowest BCUT2D eigenvalue weighted by Gasteiger charge is -2.32. The summed E-state index contributed by atoms with van der Waals surface area (Å²) >= 11 is 0. The Morgan fingerprint density at radius 3 is 2.41 bits per heavy atom. The Balaban J connectivity index is 1.04. The summed E-state index contributed by atoms with van der Waals surface area (Å²) in [6, 6.07) is 18.9. The topological polar surface area (TPSA) is 55.9 Å². The molecule has 0 aromatic heterocycles. The number of likely N-dealkylation sites (tertiary alicyclic amines) is 1. The number of imide groups is 1. The van der Waals surface area contributed by atoms with Crippen molar-refractivity contribution in [2.24, 2.45) is 0 Å². The molecule has 5 rings (SSSR count). The van der Waals surface area contributed by atoms with Crippen LogP contribution in [0.4, 0.5) is 4.79 Å². The lowest BCUT2D eigenvalue weighted by molar-refractivity contribution is -0.128. The second kappa shape index (κ2) is 9.43. The number of hydrogen-bond donors (Lipinski definition) is 1. The second-order valence-corrected chi connectivity index (χ2v) is 9.23. The number of hydrogen-bond acceptors (Lipinski definition) is 4. The van der Waals surface area contributed by atoms with Gasteiger partial charge in [-0.05, 0) is 55.6 Å². The third kappa shape index (κ3) is 4.43. The minimum atomic E-state index is -0.320. The number of piperidine rings is 1. The van der Waals surface area contributed by atoms with E-state index < -0.39 is 0 Å². The summed E-state index contributed by atoms with van der Waals surface area (Å²) < 4.78 is 0. The molecule has 0 saturated carbocycles. The van der Waals surface area contributed by atoms with E-state index in [0.29, 0.717) is 25.6 Å². The highest BCUT2D eigenvalue weighted by Gasteiger charge is 2.46. The van der Waals surface area contributed by atoms with Gasteiger partial charge in [0.1, 0.15) is 6.04 Å². The summed E-state index contributed by atoms with van der Waals surface area (Å²) in [5, 5.41) is 3.65. The van der Waals surface area contributed by atoms with Crippen LogP contribution >= 0.6 is 0 Å². The molecular formula is C26H32N4O2. The lowest BCUT2D eigenvalue weighted by atomic mass is 9.95. The number of carbonyl (C=O) groups is 2. The molecule has 6 heteroatoms. The molecule has 1 N–H and O–H groups in total. The molecule has 2 saturated heterocycles. The first-order valence-corrected chi connectivity index (χ1v) is 11.9. The quantitative estimate of drug-likeness (QED) is 0.540. The van der Waals surface area contributed by atoms with Crippen molar-refractivity contribution in [1.29, 1.82) is 0 Å². The zero-order valence-corrected chi connectivity index (χ0v) is 18.6. The Hall–Kier alpha value is -2.70. The first-order chi connectivity index (χ1) is 15.7. The van der Waals surface area contributed by atoms with E-state index in [0.717, 1.165) is 51.0 Å². The molecule has 0 bridgehead atoms. The van der Waals surface area contributed by atoms with Gasteiger partial charge in [-0.2, -0.15) is 0 Å². The van der Waals surface area contributed by atoms with E-state index >= 15 is 0 Å². The first-order valence-electron chi connectivity index (χ1n) is 11.9. The van der Waals surface area contributed by atoms with Gasteiger partial charge in [0, 0.05) is 32.1 Å². The molecule has 3 heterocycles.